The highest BCUT2D eigenvalue weighted by Crippen LogP contribution is 2.11. The first-order valence-electron chi connectivity index (χ1n) is 5.46. The van der Waals surface area contributed by atoms with Gasteiger partial charge in [0.25, 0.3) is 10.1 Å². The van der Waals surface area contributed by atoms with Crippen molar-refractivity contribution >= 4 is 38.4 Å². The molecule has 0 aliphatic rings. The van der Waals surface area contributed by atoms with E-state index in [1.54, 1.807) is 0 Å². The first kappa shape index (κ1) is 16.9. The SMILES string of the molecule is CCCN(CCC)C(=S)SC/C=C\S(=O)(=O)O. The third-order valence-corrected chi connectivity index (χ3v) is 3.83. The Hall–Kier alpha value is -0.110. The predicted molar refractivity (Wildman–Crippen MR) is 77.9 cm³/mol. The number of nitrogens with zero attached hydrogens (tertiary/aromatic N) is 1. The standard InChI is InChI=1S/C10H19NO3S3/c1-3-6-11(7-4-2)10(15)16-8-5-9-17(12,13)14/h5,9H,3-4,6-8H2,1-2H3,(H,12,13,14)/b9-5-. The van der Waals surface area contributed by atoms with Gasteiger partial charge in [-0.3, -0.25) is 4.55 Å². The van der Waals surface area contributed by atoms with Gasteiger partial charge in [-0.15, -0.1) is 0 Å². The lowest BCUT2D eigenvalue weighted by atomic mass is 10.4. The fraction of sp³-hybridized carbons (Fsp3) is 0.700. The Morgan fingerprint density at radius 3 is 2.29 bits per heavy atom. The maximum atomic E-state index is 10.4. The summed E-state index contributed by atoms with van der Waals surface area (Å²) in [6.45, 7) is 6.02. The van der Waals surface area contributed by atoms with E-state index in [2.05, 4.69) is 18.7 Å². The van der Waals surface area contributed by atoms with Crippen LogP contribution in [0.2, 0.25) is 0 Å². The molecule has 7 heteroatoms. The molecule has 0 aromatic heterocycles. The second kappa shape index (κ2) is 8.91. The van der Waals surface area contributed by atoms with E-state index in [4.69, 9.17) is 16.8 Å². The molecule has 0 bridgehead atoms. The highest BCUT2D eigenvalue weighted by Gasteiger charge is 2.07. The molecule has 0 unspecified atom stereocenters. The van der Waals surface area contributed by atoms with Crippen LogP contribution in [-0.2, 0) is 10.1 Å². The van der Waals surface area contributed by atoms with Gasteiger partial charge in [-0.25, -0.2) is 0 Å². The van der Waals surface area contributed by atoms with Crippen molar-refractivity contribution in [3.63, 3.8) is 0 Å². The van der Waals surface area contributed by atoms with Crippen LogP contribution in [-0.4, -0.2) is 41.0 Å². The Morgan fingerprint density at radius 2 is 1.88 bits per heavy atom. The van der Waals surface area contributed by atoms with Crippen molar-refractivity contribution < 1.29 is 13.0 Å². The topological polar surface area (TPSA) is 57.6 Å². The first-order chi connectivity index (χ1) is 7.90. The van der Waals surface area contributed by atoms with Gasteiger partial charge in [0.05, 0.1) is 5.41 Å². The molecule has 0 saturated heterocycles. The van der Waals surface area contributed by atoms with Crippen LogP contribution in [0.5, 0.6) is 0 Å². The van der Waals surface area contributed by atoms with Crippen LogP contribution in [0, 0.1) is 0 Å². The van der Waals surface area contributed by atoms with Crippen LogP contribution >= 0.6 is 24.0 Å². The first-order valence-corrected chi connectivity index (χ1v) is 8.36. The quantitative estimate of drug-likeness (QED) is 0.575. The van der Waals surface area contributed by atoms with Crippen molar-refractivity contribution in [3.05, 3.63) is 11.5 Å². The molecule has 0 spiro atoms. The summed E-state index contributed by atoms with van der Waals surface area (Å²) in [5.74, 6) is 0.447. The third-order valence-electron chi connectivity index (χ3n) is 1.82. The van der Waals surface area contributed by atoms with Gasteiger partial charge < -0.3 is 4.90 Å². The molecule has 0 heterocycles. The van der Waals surface area contributed by atoms with Crippen molar-refractivity contribution in [1.82, 2.24) is 4.90 Å². The van der Waals surface area contributed by atoms with Crippen LogP contribution in [0.4, 0.5) is 0 Å². The average Bonchev–Trinajstić information content (AvgIpc) is 2.22. The second-order valence-electron chi connectivity index (χ2n) is 3.45. The van der Waals surface area contributed by atoms with Gasteiger partial charge in [0.1, 0.15) is 4.32 Å². The molecule has 0 saturated carbocycles. The summed E-state index contributed by atoms with van der Waals surface area (Å²) in [4.78, 5) is 2.11. The highest BCUT2D eigenvalue weighted by atomic mass is 32.2. The van der Waals surface area contributed by atoms with Crippen molar-refractivity contribution in [2.24, 2.45) is 0 Å². The molecular weight excluding hydrogens is 278 g/mol. The lowest BCUT2D eigenvalue weighted by Crippen LogP contribution is -2.29. The van der Waals surface area contributed by atoms with Crippen LogP contribution in [0.1, 0.15) is 26.7 Å². The second-order valence-corrected chi connectivity index (χ2v) is 6.41. The Morgan fingerprint density at radius 1 is 1.35 bits per heavy atom. The number of hydrogen-bond acceptors (Lipinski definition) is 4. The molecule has 0 aromatic rings. The van der Waals surface area contributed by atoms with E-state index in [1.807, 2.05) is 0 Å². The summed E-state index contributed by atoms with van der Waals surface area (Å²) in [7, 11) is -4.01. The minimum absolute atomic E-state index is 0.447. The minimum atomic E-state index is -4.01. The maximum Gasteiger partial charge on any atom is 0.287 e. The smallest absolute Gasteiger partial charge is 0.287 e. The van der Waals surface area contributed by atoms with Crippen LogP contribution in [0.3, 0.4) is 0 Å². The number of thiocarbonyl (C=S) groups is 1. The van der Waals surface area contributed by atoms with Gasteiger partial charge in [-0.05, 0) is 12.8 Å². The Labute approximate surface area is 113 Å². The summed E-state index contributed by atoms with van der Waals surface area (Å²) in [6, 6.07) is 0. The molecule has 0 aliphatic carbocycles. The minimum Gasteiger partial charge on any atom is -0.358 e. The van der Waals surface area contributed by atoms with E-state index in [-0.39, 0.29) is 0 Å². The summed E-state index contributed by atoms with van der Waals surface area (Å²) in [5, 5.41) is 0.784. The molecule has 4 nitrogen and oxygen atoms in total. The third kappa shape index (κ3) is 9.58. The number of rotatable bonds is 7. The average molecular weight is 297 g/mol. The van der Waals surface area contributed by atoms with Crippen LogP contribution < -0.4 is 0 Å². The summed E-state index contributed by atoms with van der Waals surface area (Å²) < 4.78 is 30.1. The lowest BCUT2D eigenvalue weighted by Gasteiger charge is -2.23. The molecule has 0 amide bonds. The molecule has 0 aromatic carbocycles. The highest BCUT2D eigenvalue weighted by molar-refractivity contribution is 8.23. The molecule has 17 heavy (non-hydrogen) atoms. The zero-order valence-corrected chi connectivity index (χ0v) is 12.6. The fourth-order valence-corrected chi connectivity index (χ4v) is 2.75. The lowest BCUT2D eigenvalue weighted by molar-refractivity contribution is 0.430. The molecule has 1 N–H and O–H groups in total. The van der Waals surface area contributed by atoms with Crippen LogP contribution in [0.15, 0.2) is 11.5 Å². The van der Waals surface area contributed by atoms with Gasteiger partial charge in [0, 0.05) is 18.8 Å². The number of thioether (sulfide) groups is 1. The van der Waals surface area contributed by atoms with Gasteiger partial charge in [-0.1, -0.05) is 43.9 Å². The van der Waals surface area contributed by atoms with E-state index in [9.17, 15) is 8.42 Å². The molecule has 0 fully saturated rings. The molecule has 0 radical (unpaired) electrons. The van der Waals surface area contributed by atoms with Gasteiger partial charge in [0.2, 0.25) is 0 Å². The van der Waals surface area contributed by atoms with Gasteiger partial charge in [0.15, 0.2) is 0 Å². The molecule has 0 rings (SSSR count). The normalized spacial score (nSPS) is 11.9. The van der Waals surface area contributed by atoms with Crippen molar-refractivity contribution in [2.75, 3.05) is 18.8 Å². The molecule has 0 aliphatic heterocycles. The Balaban J connectivity index is 4.10. The van der Waals surface area contributed by atoms with E-state index in [1.165, 1.54) is 17.8 Å². The van der Waals surface area contributed by atoms with Crippen molar-refractivity contribution in [2.45, 2.75) is 26.7 Å². The number of hydrogen-bond donors (Lipinski definition) is 1. The van der Waals surface area contributed by atoms with Gasteiger partial charge in [-0.2, -0.15) is 8.42 Å². The Kier molecular flexibility index (Phi) is 8.85. The largest absolute Gasteiger partial charge is 0.358 e. The van der Waals surface area contributed by atoms with E-state index in [0.717, 1.165) is 35.7 Å². The van der Waals surface area contributed by atoms with Crippen molar-refractivity contribution in [3.8, 4) is 0 Å². The van der Waals surface area contributed by atoms with E-state index < -0.39 is 10.1 Å². The molecular formula is C10H19NO3S3. The van der Waals surface area contributed by atoms with E-state index in [0.29, 0.717) is 5.75 Å². The Bertz CT molecular complexity index is 346. The molecule has 100 valence electrons. The van der Waals surface area contributed by atoms with Gasteiger partial charge >= 0.3 is 0 Å². The monoisotopic (exact) mass is 297 g/mol. The predicted octanol–water partition coefficient (Wildman–Crippen LogP) is 2.53. The molecule has 0 atom stereocenters. The fourth-order valence-electron chi connectivity index (χ4n) is 1.21. The zero-order valence-electron chi connectivity index (χ0n) is 10.1. The summed E-state index contributed by atoms with van der Waals surface area (Å²) >= 11 is 6.66. The van der Waals surface area contributed by atoms with Crippen LogP contribution in [0.25, 0.3) is 0 Å². The zero-order chi connectivity index (χ0) is 13.3. The maximum absolute atomic E-state index is 10.4. The van der Waals surface area contributed by atoms with Crippen molar-refractivity contribution in [1.29, 1.82) is 0 Å². The van der Waals surface area contributed by atoms with E-state index >= 15 is 0 Å². The summed E-state index contributed by atoms with van der Waals surface area (Å²) in [6.07, 6.45) is 3.45. The summed E-state index contributed by atoms with van der Waals surface area (Å²) in [5.41, 5.74) is 0.